The van der Waals surface area contributed by atoms with Crippen molar-refractivity contribution in [1.29, 1.82) is 0 Å². The first-order chi connectivity index (χ1) is 11.5. The summed E-state index contributed by atoms with van der Waals surface area (Å²) in [7, 11) is 1.51. The first kappa shape index (κ1) is 16.8. The summed E-state index contributed by atoms with van der Waals surface area (Å²) < 4.78 is 5.18. The highest BCUT2D eigenvalue weighted by Crippen LogP contribution is 2.21. The van der Waals surface area contributed by atoms with Gasteiger partial charge in [0.15, 0.2) is 5.96 Å². The Bertz CT molecular complexity index is 797. The maximum atomic E-state index is 12.4. The number of anilines is 1. The first-order valence-corrected chi connectivity index (χ1v) is 6.98. The molecule has 0 heterocycles. The highest BCUT2D eigenvalue weighted by molar-refractivity contribution is 6.06. The second-order valence-electron chi connectivity index (χ2n) is 4.71. The van der Waals surface area contributed by atoms with Crippen LogP contribution in [0.4, 0.5) is 11.4 Å². The summed E-state index contributed by atoms with van der Waals surface area (Å²) in [5, 5.41) is 2.77. The largest absolute Gasteiger partial charge is 0.496 e. The number of ether oxygens (including phenoxy) is 1. The van der Waals surface area contributed by atoms with Gasteiger partial charge in [-0.1, -0.05) is 18.2 Å². The van der Waals surface area contributed by atoms with Crippen molar-refractivity contribution in [1.82, 2.24) is 0 Å². The number of benzene rings is 2. The molecule has 124 valence electrons. The van der Waals surface area contributed by atoms with Gasteiger partial charge >= 0.3 is 0 Å². The number of para-hydroxylation sites is 1. The third-order valence-corrected chi connectivity index (χ3v) is 2.94. The number of aliphatic imine (C=N–C) groups is 2. The van der Waals surface area contributed by atoms with E-state index >= 15 is 0 Å². The summed E-state index contributed by atoms with van der Waals surface area (Å²) in [6.07, 6.45) is 0. The van der Waals surface area contributed by atoms with Crippen molar-refractivity contribution < 1.29 is 9.53 Å². The lowest BCUT2D eigenvalue weighted by atomic mass is 10.2. The van der Waals surface area contributed by atoms with E-state index in [2.05, 4.69) is 15.3 Å². The van der Waals surface area contributed by atoms with Crippen molar-refractivity contribution in [2.75, 3.05) is 12.4 Å². The molecule has 2 aromatic carbocycles. The number of amides is 1. The Morgan fingerprint density at radius 3 is 2.54 bits per heavy atom. The van der Waals surface area contributed by atoms with Gasteiger partial charge in [-0.15, -0.1) is 0 Å². The van der Waals surface area contributed by atoms with Crippen LogP contribution in [0.15, 0.2) is 58.5 Å². The highest BCUT2D eigenvalue weighted by atomic mass is 16.5. The van der Waals surface area contributed by atoms with Crippen LogP contribution in [0, 0.1) is 0 Å². The molecule has 0 aliphatic heterocycles. The molecule has 0 aliphatic rings. The number of nitrogens with one attached hydrogen (secondary N) is 1. The molecule has 0 saturated heterocycles. The number of guanidine groups is 2. The van der Waals surface area contributed by atoms with Gasteiger partial charge in [-0.3, -0.25) is 4.79 Å². The minimum Gasteiger partial charge on any atom is -0.496 e. The predicted molar refractivity (Wildman–Crippen MR) is 94.5 cm³/mol. The zero-order valence-electron chi connectivity index (χ0n) is 13.1. The summed E-state index contributed by atoms with van der Waals surface area (Å²) in [6, 6.07) is 13.7. The van der Waals surface area contributed by atoms with E-state index in [-0.39, 0.29) is 17.8 Å². The molecule has 7 N–H and O–H groups in total. The van der Waals surface area contributed by atoms with Gasteiger partial charge < -0.3 is 27.3 Å². The van der Waals surface area contributed by atoms with Gasteiger partial charge in [0.2, 0.25) is 5.96 Å². The Labute approximate surface area is 139 Å². The van der Waals surface area contributed by atoms with Crippen molar-refractivity contribution in [3.05, 3.63) is 54.1 Å². The van der Waals surface area contributed by atoms with E-state index < -0.39 is 0 Å². The molecule has 0 spiro atoms. The Balaban J connectivity index is 2.20. The van der Waals surface area contributed by atoms with Crippen LogP contribution >= 0.6 is 0 Å². The Morgan fingerprint density at radius 1 is 1.08 bits per heavy atom. The van der Waals surface area contributed by atoms with E-state index in [1.165, 1.54) is 7.11 Å². The van der Waals surface area contributed by atoms with Crippen molar-refractivity contribution in [2.45, 2.75) is 0 Å². The van der Waals surface area contributed by atoms with E-state index in [1.54, 1.807) is 48.5 Å². The normalized spacial score (nSPS) is 10.8. The molecule has 0 saturated carbocycles. The van der Waals surface area contributed by atoms with E-state index in [4.69, 9.17) is 21.9 Å². The fourth-order valence-electron chi connectivity index (χ4n) is 1.97. The number of carbonyl (C=O) groups excluding carboxylic acids is 1. The molecule has 2 aromatic rings. The van der Waals surface area contributed by atoms with E-state index in [9.17, 15) is 4.79 Å². The van der Waals surface area contributed by atoms with Crippen LogP contribution in [0.5, 0.6) is 5.75 Å². The highest BCUT2D eigenvalue weighted by Gasteiger charge is 2.11. The second-order valence-corrected chi connectivity index (χ2v) is 4.71. The number of carbonyl (C=O) groups is 1. The Kier molecular flexibility index (Phi) is 5.35. The van der Waals surface area contributed by atoms with Crippen molar-refractivity contribution in [2.24, 2.45) is 27.2 Å². The minimum absolute atomic E-state index is 0.0804. The molecule has 24 heavy (non-hydrogen) atoms. The fraction of sp³-hybridized carbons (Fsp3) is 0.0625. The van der Waals surface area contributed by atoms with Crippen molar-refractivity contribution >= 4 is 29.2 Å². The predicted octanol–water partition coefficient (Wildman–Crippen LogP) is 1.17. The van der Waals surface area contributed by atoms with Crippen LogP contribution in [0.3, 0.4) is 0 Å². The molecule has 1 amide bonds. The van der Waals surface area contributed by atoms with Gasteiger partial charge in [0, 0.05) is 5.69 Å². The number of hydrogen-bond acceptors (Lipinski definition) is 3. The number of nitrogens with zero attached hydrogens (tertiary/aromatic N) is 2. The van der Waals surface area contributed by atoms with Gasteiger partial charge in [0.05, 0.1) is 18.4 Å². The smallest absolute Gasteiger partial charge is 0.259 e. The molecule has 0 unspecified atom stereocenters. The summed E-state index contributed by atoms with van der Waals surface area (Å²) in [5.41, 5.74) is 17.5. The van der Waals surface area contributed by atoms with E-state index in [0.29, 0.717) is 22.7 Å². The lowest BCUT2D eigenvalue weighted by Crippen LogP contribution is -2.26. The number of nitrogens with two attached hydrogens (primary N) is 3. The SMILES string of the molecule is COc1ccccc1C(=O)Nc1cccc(N=C(N)N=C(N)N)c1. The van der Waals surface area contributed by atoms with Gasteiger partial charge in [0.1, 0.15) is 5.75 Å². The van der Waals surface area contributed by atoms with Crippen molar-refractivity contribution in [3.63, 3.8) is 0 Å². The van der Waals surface area contributed by atoms with Crippen LogP contribution < -0.4 is 27.3 Å². The second kappa shape index (κ2) is 7.63. The Hall–Kier alpha value is -3.55. The van der Waals surface area contributed by atoms with Gasteiger partial charge in [-0.05, 0) is 30.3 Å². The van der Waals surface area contributed by atoms with E-state index in [1.807, 2.05) is 0 Å². The third-order valence-electron chi connectivity index (χ3n) is 2.94. The van der Waals surface area contributed by atoms with Gasteiger partial charge in [-0.2, -0.15) is 4.99 Å². The average molecular weight is 326 g/mol. The summed E-state index contributed by atoms with van der Waals surface area (Å²) in [5.74, 6) is -0.0768. The standard InChI is InChI=1S/C16H18N6O2/c1-24-13-8-3-2-7-12(13)14(23)20-10-5-4-6-11(9-10)21-16(19)22-15(17)18/h2-9H,1H3,(H,20,23)(H6,17,18,19,21,22). The molecular formula is C16H18N6O2. The lowest BCUT2D eigenvalue weighted by Gasteiger charge is -2.09. The molecule has 0 radical (unpaired) electrons. The molecule has 2 rings (SSSR count). The molecule has 8 nitrogen and oxygen atoms in total. The minimum atomic E-state index is -0.300. The maximum Gasteiger partial charge on any atom is 0.259 e. The maximum absolute atomic E-state index is 12.4. The van der Waals surface area contributed by atoms with Gasteiger partial charge in [-0.25, -0.2) is 4.99 Å². The molecular weight excluding hydrogens is 308 g/mol. The fourth-order valence-corrected chi connectivity index (χ4v) is 1.97. The molecule has 0 bridgehead atoms. The topological polar surface area (TPSA) is 141 Å². The first-order valence-electron chi connectivity index (χ1n) is 6.98. The molecule has 0 atom stereocenters. The summed E-state index contributed by atoms with van der Waals surface area (Å²) in [6.45, 7) is 0. The van der Waals surface area contributed by atoms with Crippen LogP contribution in [0.1, 0.15) is 10.4 Å². The molecule has 0 fully saturated rings. The van der Waals surface area contributed by atoms with Crippen LogP contribution in [0.25, 0.3) is 0 Å². The van der Waals surface area contributed by atoms with Crippen LogP contribution in [-0.4, -0.2) is 24.9 Å². The zero-order chi connectivity index (χ0) is 17.5. The molecule has 0 aromatic heterocycles. The van der Waals surface area contributed by atoms with Crippen LogP contribution in [-0.2, 0) is 0 Å². The number of methoxy groups -OCH3 is 1. The number of rotatable bonds is 4. The van der Waals surface area contributed by atoms with Crippen molar-refractivity contribution in [3.8, 4) is 5.75 Å². The lowest BCUT2D eigenvalue weighted by molar-refractivity contribution is 0.102. The number of hydrogen-bond donors (Lipinski definition) is 4. The van der Waals surface area contributed by atoms with Crippen LogP contribution in [0.2, 0.25) is 0 Å². The average Bonchev–Trinajstić information content (AvgIpc) is 2.54. The zero-order valence-corrected chi connectivity index (χ0v) is 13.1. The third kappa shape index (κ3) is 4.47. The monoisotopic (exact) mass is 326 g/mol. The summed E-state index contributed by atoms with van der Waals surface area (Å²) >= 11 is 0. The Morgan fingerprint density at radius 2 is 1.83 bits per heavy atom. The summed E-state index contributed by atoms with van der Waals surface area (Å²) in [4.78, 5) is 20.0. The molecule has 0 aliphatic carbocycles. The van der Waals surface area contributed by atoms with Gasteiger partial charge in [0.25, 0.3) is 5.91 Å². The quantitative estimate of drug-likeness (QED) is 0.493. The molecule has 8 heteroatoms. The van der Waals surface area contributed by atoms with E-state index in [0.717, 1.165) is 0 Å².